The number of likely N-dealkylation sites (N-methyl/N-ethyl adjacent to an activating group) is 1. The molecule has 0 aliphatic carbocycles. The zero-order valence-electron chi connectivity index (χ0n) is 13.6. The first-order valence-corrected chi connectivity index (χ1v) is 7.94. The van der Waals surface area contributed by atoms with Crippen LogP contribution >= 0.6 is 15.9 Å². The highest BCUT2D eigenvalue weighted by Gasteiger charge is 2.13. The monoisotopic (exact) mass is 358 g/mol. The molecule has 1 unspecified atom stereocenters. The Kier molecular flexibility index (Phi) is 7.13. The van der Waals surface area contributed by atoms with Crippen molar-refractivity contribution in [3.63, 3.8) is 0 Å². The molecule has 0 aliphatic heterocycles. The molecule has 0 amide bonds. The van der Waals surface area contributed by atoms with Crippen LogP contribution in [0.15, 0.2) is 22.7 Å². The fourth-order valence-electron chi connectivity index (χ4n) is 2.00. The van der Waals surface area contributed by atoms with Crippen molar-refractivity contribution in [2.24, 2.45) is 0 Å². The van der Waals surface area contributed by atoms with Crippen LogP contribution in [0, 0.1) is 0 Å². The summed E-state index contributed by atoms with van der Waals surface area (Å²) in [5.41, 5.74) is 2.39. The normalized spacial score (nSPS) is 13.3. The quantitative estimate of drug-likeness (QED) is 0.786. The molecule has 0 saturated heterocycles. The van der Waals surface area contributed by atoms with E-state index in [-0.39, 0.29) is 5.54 Å². The summed E-state index contributed by atoms with van der Waals surface area (Å²) < 4.78 is 5.99. The van der Waals surface area contributed by atoms with Gasteiger partial charge in [0.25, 0.3) is 0 Å². The second-order valence-electron chi connectivity index (χ2n) is 6.38. The Morgan fingerprint density at radius 1 is 1.38 bits per heavy atom. The molecular weight excluding hydrogens is 332 g/mol. The third-order valence-electron chi connectivity index (χ3n) is 3.09. The minimum atomic E-state index is -0.492. The molecule has 1 aromatic rings. The third kappa shape index (κ3) is 6.78. The summed E-state index contributed by atoms with van der Waals surface area (Å²) in [6.07, 6.45) is -0.492. The molecule has 0 bridgehead atoms. The van der Waals surface area contributed by atoms with Gasteiger partial charge in [-0.1, -0.05) is 6.07 Å². The molecule has 1 aromatic carbocycles. The van der Waals surface area contributed by atoms with E-state index in [1.807, 2.05) is 11.9 Å². The van der Waals surface area contributed by atoms with Crippen LogP contribution in [0.4, 0.5) is 5.69 Å². The average molecular weight is 359 g/mol. The molecule has 0 radical (unpaired) electrons. The highest BCUT2D eigenvalue weighted by atomic mass is 79.9. The third-order valence-corrected chi connectivity index (χ3v) is 3.73. The first kappa shape index (κ1) is 18.4. The Morgan fingerprint density at radius 3 is 2.57 bits per heavy atom. The van der Waals surface area contributed by atoms with Crippen LogP contribution in [-0.2, 0) is 11.3 Å². The summed E-state index contributed by atoms with van der Waals surface area (Å²) in [6.45, 7) is 8.17. The molecule has 120 valence electrons. The van der Waals surface area contributed by atoms with E-state index in [9.17, 15) is 5.11 Å². The van der Waals surface area contributed by atoms with Gasteiger partial charge in [-0.3, -0.25) is 0 Å². The smallest absolute Gasteiger partial charge is 0.0947 e. The lowest BCUT2D eigenvalue weighted by Crippen LogP contribution is -2.35. The van der Waals surface area contributed by atoms with Crippen LogP contribution in [0.2, 0.25) is 0 Å². The highest BCUT2D eigenvalue weighted by Crippen LogP contribution is 2.27. The molecule has 0 heterocycles. The van der Waals surface area contributed by atoms with E-state index >= 15 is 0 Å². The van der Waals surface area contributed by atoms with E-state index in [1.165, 1.54) is 5.56 Å². The highest BCUT2D eigenvalue weighted by molar-refractivity contribution is 9.10. The predicted molar refractivity (Wildman–Crippen MR) is 91.9 cm³/mol. The number of halogens is 1. The fourth-order valence-corrected chi connectivity index (χ4v) is 2.73. The average Bonchev–Trinajstić information content (AvgIpc) is 2.35. The first-order valence-electron chi connectivity index (χ1n) is 7.14. The van der Waals surface area contributed by atoms with E-state index in [4.69, 9.17) is 4.74 Å². The predicted octanol–water partition coefficient (Wildman–Crippen LogP) is 2.78. The molecular formula is C16H27BrN2O2. The summed E-state index contributed by atoms with van der Waals surface area (Å²) >= 11 is 3.61. The van der Waals surface area contributed by atoms with E-state index in [0.717, 1.165) is 16.7 Å². The van der Waals surface area contributed by atoms with Crippen molar-refractivity contribution >= 4 is 21.6 Å². The van der Waals surface area contributed by atoms with Gasteiger partial charge in [0, 0.05) is 37.3 Å². The molecule has 0 aliphatic rings. The molecule has 0 aromatic heterocycles. The second kappa shape index (κ2) is 8.13. The molecule has 1 rings (SSSR count). The molecule has 0 saturated carbocycles. The number of nitrogens with zero attached hydrogens (tertiary/aromatic N) is 1. The summed E-state index contributed by atoms with van der Waals surface area (Å²) in [5.74, 6) is 0. The Labute approximate surface area is 136 Å². The lowest BCUT2D eigenvalue weighted by Gasteiger charge is -2.24. The molecule has 5 heteroatoms. The molecule has 0 fully saturated rings. The first-order chi connectivity index (χ1) is 9.73. The van der Waals surface area contributed by atoms with Crippen LogP contribution in [0.25, 0.3) is 0 Å². The van der Waals surface area contributed by atoms with Gasteiger partial charge < -0.3 is 20.1 Å². The number of hydrogen-bond acceptors (Lipinski definition) is 4. The van der Waals surface area contributed by atoms with Crippen molar-refractivity contribution in [3.05, 3.63) is 28.2 Å². The number of hydrogen-bond donors (Lipinski definition) is 2. The van der Waals surface area contributed by atoms with Crippen molar-refractivity contribution in [1.29, 1.82) is 0 Å². The zero-order valence-corrected chi connectivity index (χ0v) is 15.2. The minimum absolute atomic E-state index is 0.103. The molecule has 4 nitrogen and oxygen atoms in total. The van der Waals surface area contributed by atoms with E-state index in [0.29, 0.717) is 13.2 Å². The van der Waals surface area contributed by atoms with Gasteiger partial charge in [-0.15, -0.1) is 0 Å². The zero-order chi connectivity index (χ0) is 16.0. The number of benzene rings is 1. The van der Waals surface area contributed by atoms with Gasteiger partial charge in [-0.25, -0.2) is 0 Å². The largest absolute Gasteiger partial charge is 0.389 e. The van der Waals surface area contributed by atoms with Crippen LogP contribution < -0.4 is 10.2 Å². The van der Waals surface area contributed by atoms with Gasteiger partial charge in [0.15, 0.2) is 0 Å². The second-order valence-corrected chi connectivity index (χ2v) is 7.23. The lowest BCUT2D eigenvalue weighted by molar-refractivity contribution is 0.0695. The Hall–Kier alpha value is -0.620. The standard InChI is InChI=1S/C16H27BrN2O2/c1-16(2,3)18-9-12-6-7-15(14(17)8-12)19(4)10-13(20)11-21-5/h6-8,13,18,20H,9-11H2,1-5H3. The van der Waals surface area contributed by atoms with Crippen molar-refractivity contribution in [3.8, 4) is 0 Å². The van der Waals surface area contributed by atoms with Crippen LogP contribution in [-0.4, -0.2) is 44.1 Å². The fraction of sp³-hybridized carbons (Fsp3) is 0.625. The van der Waals surface area contributed by atoms with E-state index in [1.54, 1.807) is 7.11 Å². The number of anilines is 1. The number of ether oxygens (including phenoxy) is 1. The van der Waals surface area contributed by atoms with Gasteiger partial charge in [-0.2, -0.15) is 0 Å². The van der Waals surface area contributed by atoms with Gasteiger partial charge >= 0.3 is 0 Å². The van der Waals surface area contributed by atoms with Crippen molar-refractivity contribution in [1.82, 2.24) is 5.32 Å². The molecule has 1 atom stereocenters. The number of aliphatic hydroxyl groups is 1. The van der Waals surface area contributed by atoms with Crippen LogP contribution in [0.5, 0.6) is 0 Å². The summed E-state index contributed by atoms with van der Waals surface area (Å²) in [4.78, 5) is 2.02. The van der Waals surface area contributed by atoms with Crippen molar-refractivity contribution < 1.29 is 9.84 Å². The Bertz CT molecular complexity index is 446. The number of methoxy groups -OCH3 is 1. The van der Waals surface area contributed by atoms with Crippen molar-refractivity contribution in [2.75, 3.05) is 32.2 Å². The summed E-state index contributed by atoms with van der Waals surface area (Å²) in [6, 6.07) is 6.30. The van der Waals surface area contributed by atoms with Gasteiger partial charge in [0.05, 0.1) is 18.4 Å². The number of rotatable bonds is 7. The lowest BCUT2D eigenvalue weighted by atomic mass is 10.1. The molecule has 2 N–H and O–H groups in total. The van der Waals surface area contributed by atoms with Crippen molar-refractivity contribution in [2.45, 2.75) is 39.0 Å². The number of aliphatic hydroxyl groups excluding tert-OH is 1. The van der Waals surface area contributed by atoms with E-state index < -0.39 is 6.10 Å². The summed E-state index contributed by atoms with van der Waals surface area (Å²) in [7, 11) is 3.56. The SMILES string of the molecule is COCC(O)CN(C)c1ccc(CNC(C)(C)C)cc1Br. The van der Waals surface area contributed by atoms with E-state index in [2.05, 4.69) is 60.2 Å². The molecule has 21 heavy (non-hydrogen) atoms. The topological polar surface area (TPSA) is 44.7 Å². The van der Waals surface area contributed by atoms with Gasteiger partial charge in [-0.05, 0) is 54.4 Å². The number of nitrogens with one attached hydrogen (secondary N) is 1. The summed E-state index contributed by atoms with van der Waals surface area (Å²) in [5, 5.41) is 13.3. The maximum atomic E-state index is 9.81. The minimum Gasteiger partial charge on any atom is -0.389 e. The van der Waals surface area contributed by atoms with Gasteiger partial charge in [0.1, 0.15) is 0 Å². The maximum Gasteiger partial charge on any atom is 0.0947 e. The molecule has 0 spiro atoms. The Morgan fingerprint density at radius 2 is 2.05 bits per heavy atom. The maximum absolute atomic E-state index is 9.81. The van der Waals surface area contributed by atoms with Crippen LogP contribution in [0.1, 0.15) is 26.3 Å². The van der Waals surface area contributed by atoms with Crippen LogP contribution in [0.3, 0.4) is 0 Å². The Balaban J connectivity index is 2.69. The van der Waals surface area contributed by atoms with Gasteiger partial charge in [0.2, 0.25) is 0 Å².